The predicted molar refractivity (Wildman–Crippen MR) is 158 cm³/mol. The van der Waals surface area contributed by atoms with E-state index in [2.05, 4.69) is 20.8 Å². The predicted octanol–water partition coefficient (Wildman–Crippen LogP) is 5.30. The molecule has 0 radical (unpaired) electrons. The maximum atomic E-state index is 13.6. The van der Waals surface area contributed by atoms with Gasteiger partial charge >= 0.3 is 17.9 Å². The number of esters is 3. The first kappa shape index (κ1) is 32.9. The first-order valence-electron chi connectivity index (χ1n) is 15.6. The molecule has 4 aliphatic rings. The number of epoxide rings is 1. The van der Waals surface area contributed by atoms with Crippen LogP contribution in [0, 0.1) is 22.7 Å². The van der Waals surface area contributed by atoms with E-state index in [1.807, 2.05) is 20.8 Å². The van der Waals surface area contributed by atoms with E-state index < -0.39 is 72.8 Å². The minimum Gasteiger partial charge on any atom is -0.462 e. The lowest BCUT2D eigenvalue weighted by Gasteiger charge is -2.61. The molecule has 0 N–H and O–H groups in total. The van der Waals surface area contributed by atoms with E-state index in [0.29, 0.717) is 30.6 Å². The summed E-state index contributed by atoms with van der Waals surface area (Å²) in [4.78, 5) is 51.9. The van der Waals surface area contributed by atoms with Gasteiger partial charge in [-0.25, -0.2) is 0 Å². The van der Waals surface area contributed by atoms with Crippen molar-refractivity contribution in [1.29, 1.82) is 0 Å². The Morgan fingerprint density at radius 3 is 1.95 bits per heavy atom. The van der Waals surface area contributed by atoms with Crippen molar-refractivity contribution in [3.8, 4) is 0 Å². The molecule has 4 rings (SSSR count). The number of carbonyl (C=O) groups is 4. The normalized spacial score (nSPS) is 37.3. The molecule has 0 amide bonds. The molecule has 236 valence electrons. The molecule has 1 spiro atoms. The summed E-state index contributed by atoms with van der Waals surface area (Å²) in [6, 6.07) is 2.93. The fourth-order valence-electron chi connectivity index (χ4n) is 8.78. The number of ether oxygens (including phenoxy) is 4. The van der Waals surface area contributed by atoms with Crippen molar-refractivity contribution in [2.45, 2.75) is 137 Å². The highest BCUT2D eigenvalue weighted by atomic mass is 28.4. The molecular weight excluding hydrogens is 556 g/mol. The summed E-state index contributed by atoms with van der Waals surface area (Å²) in [6.45, 7) is 18.8. The van der Waals surface area contributed by atoms with E-state index in [1.165, 1.54) is 20.8 Å². The third-order valence-electron chi connectivity index (χ3n) is 11.2. The van der Waals surface area contributed by atoms with Crippen LogP contribution in [-0.2, 0) is 42.6 Å². The number of allylic oxidation sites excluding steroid dienone is 1. The molecule has 3 aliphatic carbocycles. The largest absolute Gasteiger partial charge is 0.462 e. The lowest BCUT2D eigenvalue weighted by Crippen LogP contribution is -2.68. The first-order valence-corrected chi connectivity index (χ1v) is 18.1. The molecule has 10 heteroatoms. The summed E-state index contributed by atoms with van der Waals surface area (Å²) >= 11 is 0. The second kappa shape index (κ2) is 11.5. The fraction of sp³-hybridized carbons (Fsp3) is 0.812. The van der Waals surface area contributed by atoms with Crippen LogP contribution >= 0.6 is 0 Å². The van der Waals surface area contributed by atoms with Gasteiger partial charge in [0.1, 0.15) is 17.8 Å². The molecule has 8 unspecified atom stereocenters. The highest BCUT2D eigenvalue weighted by Crippen LogP contribution is 2.65. The highest BCUT2D eigenvalue weighted by Gasteiger charge is 2.74. The van der Waals surface area contributed by atoms with Crippen LogP contribution < -0.4 is 0 Å². The lowest BCUT2D eigenvalue weighted by molar-refractivity contribution is -0.222. The van der Waals surface area contributed by atoms with E-state index in [4.69, 9.17) is 23.4 Å². The van der Waals surface area contributed by atoms with Crippen LogP contribution in [-0.4, -0.2) is 68.6 Å². The molecule has 0 aromatic rings. The Balaban J connectivity index is 2.01. The van der Waals surface area contributed by atoms with E-state index >= 15 is 0 Å². The van der Waals surface area contributed by atoms with Crippen LogP contribution in [0.5, 0.6) is 0 Å². The van der Waals surface area contributed by atoms with Crippen LogP contribution in [0.25, 0.3) is 0 Å². The zero-order chi connectivity index (χ0) is 31.4. The maximum absolute atomic E-state index is 13.6. The van der Waals surface area contributed by atoms with Crippen LogP contribution in [0.15, 0.2) is 11.1 Å². The minimum atomic E-state index is -2.07. The Bertz CT molecular complexity index is 1140. The molecule has 9 nitrogen and oxygen atoms in total. The van der Waals surface area contributed by atoms with Gasteiger partial charge in [-0.3, -0.25) is 19.2 Å². The van der Waals surface area contributed by atoms with Crippen molar-refractivity contribution in [3.63, 3.8) is 0 Å². The lowest BCUT2D eigenvalue weighted by atomic mass is 9.48. The average Bonchev–Trinajstić information content (AvgIpc) is 3.68. The molecule has 1 aliphatic heterocycles. The monoisotopic (exact) mass is 606 g/mol. The number of hydrogen-bond acceptors (Lipinski definition) is 9. The summed E-state index contributed by atoms with van der Waals surface area (Å²) in [6.07, 6.45) is -1.48. The van der Waals surface area contributed by atoms with Crippen LogP contribution in [0.2, 0.25) is 18.1 Å². The third-order valence-corrected chi connectivity index (χ3v) is 15.9. The second-order valence-electron chi connectivity index (χ2n) is 13.7. The zero-order valence-electron chi connectivity index (χ0n) is 27.1. The first-order chi connectivity index (χ1) is 19.5. The summed E-state index contributed by atoms with van der Waals surface area (Å²) in [7, 11) is -2.07. The smallest absolute Gasteiger partial charge is 0.303 e. The molecule has 0 aromatic carbocycles. The fourth-order valence-corrected chi connectivity index (χ4v) is 11.7. The van der Waals surface area contributed by atoms with Gasteiger partial charge in [-0.15, -0.1) is 0 Å². The number of ketones is 1. The number of Topliss-reactive ketones (excluding diaryl/α,β-unsaturated/α-hetero) is 1. The van der Waals surface area contributed by atoms with Gasteiger partial charge in [0.15, 0.2) is 20.2 Å². The molecule has 1 saturated heterocycles. The van der Waals surface area contributed by atoms with Gasteiger partial charge in [0.2, 0.25) is 0 Å². The SMILES string of the molecule is CC[Si](CC)(CC)OC1CCC2(C)C(OC(C)=O)C(OC(C)=O)C3=C(C)C(=O)CC(C(OC(C)=O)C2C12CO2)C3(C)C. The van der Waals surface area contributed by atoms with Gasteiger partial charge in [-0.05, 0) is 54.5 Å². The van der Waals surface area contributed by atoms with Crippen molar-refractivity contribution >= 4 is 32.0 Å². The van der Waals surface area contributed by atoms with E-state index in [-0.39, 0.29) is 18.3 Å². The van der Waals surface area contributed by atoms with Gasteiger partial charge in [0.05, 0.1) is 12.7 Å². The number of fused-ring (bicyclic) bond motifs is 4. The molecule has 0 aromatic heterocycles. The van der Waals surface area contributed by atoms with Gasteiger partial charge in [-0.2, -0.15) is 0 Å². The van der Waals surface area contributed by atoms with Gasteiger partial charge in [0.25, 0.3) is 0 Å². The minimum absolute atomic E-state index is 0.0995. The summed E-state index contributed by atoms with van der Waals surface area (Å²) in [5.41, 5.74) is -1.24. The van der Waals surface area contributed by atoms with Crippen LogP contribution in [0.4, 0.5) is 0 Å². The summed E-state index contributed by atoms with van der Waals surface area (Å²) < 4.78 is 32.1. The highest BCUT2D eigenvalue weighted by molar-refractivity contribution is 6.73. The molecule has 3 fully saturated rings. The summed E-state index contributed by atoms with van der Waals surface area (Å²) in [5.74, 6) is -2.49. The Hall–Kier alpha value is -2.04. The number of carbonyl (C=O) groups excluding carboxylic acids is 4. The Morgan fingerprint density at radius 2 is 1.48 bits per heavy atom. The zero-order valence-corrected chi connectivity index (χ0v) is 28.1. The number of hydrogen-bond donors (Lipinski definition) is 0. The topological polar surface area (TPSA) is 118 Å². The van der Waals surface area contributed by atoms with Crippen LogP contribution in [0.1, 0.15) is 88.5 Å². The molecule has 1 heterocycles. The standard InChI is InChI=1S/C32H50O9Si/c1-11-42(12-2,13-3)41-24-14-15-31(10)28(32(24)17-37-32)26(38-19(5)33)22-16-23(36)18(4)25(30(22,8)9)27(39-20(6)34)29(31)40-21(7)35/h22,24,26-29H,11-17H2,1-10H3. The third kappa shape index (κ3) is 5.29. The Labute approximate surface area is 251 Å². The average molecular weight is 607 g/mol. The van der Waals surface area contributed by atoms with Crippen LogP contribution in [0.3, 0.4) is 0 Å². The molecule has 2 saturated carbocycles. The van der Waals surface area contributed by atoms with E-state index in [9.17, 15) is 19.2 Å². The van der Waals surface area contributed by atoms with Gasteiger partial charge < -0.3 is 23.4 Å². The van der Waals surface area contributed by atoms with Crippen molar-refractivity contribution in [3.05, 3.63) is 11.1 Å². The number of rotatable bonds is 8. The molecule has 8 atom stereocenters. The molecular formula is C32H50O9Si. The van der Waals surface area contributed by atoms with Crippen molar-refractivity contribution in [1.82, 2.24) is 0 Å². The molecule has 42 heavy (non-hydrogen) atoms. The van der Waals surface area contributed by atoms with Gasteiger partial charge in [0, 0.05) is 44.4 Å². The Morgan fingerprint density at radius 1 is 0.929 bits per heavy atom. The second-order valence-corrected chi connectivity index (χ2v) is 18.5. The quantitative estimate of drug-likeness (QED) is 0.157. The van der Waals surface area contributed by atoms with Crippen molar-refractivity contribution in [2.24, 2.45) is 22.7 Å². The summed E-state index contributed by atoms with van der Waals surface area (Å²) in [5, 5.41) is 0. The Kier molecular flexibility index (Phi) is 8.97. The van der Waals surface area contributed by atoms with E-state index in [0.717, 1.165) is 18.1 Å². The van der Waals surface area contributed by atoms with Gasteiger partial charge in [-0.1, -0.05) is 41.5 Å². The van der Waals surface area contributed by atoms with Crippen molar-refractivity contribution < 1.29 is 42.6 Å². The molecule has 2 bridgehead atoms. The van der Waals surface area contributed by atoms with Crippen molar-refractivity contribution in [2.75, 3.05) is 6.61 Å². The van der Waals surface area contributed by atoms with E-state index in [1.54, 1.807) is 6.92 Å². The maximum Gasteiger partial charge on any atom is 0.303 e.